The molecule has 2 aromatic carbocycles. The first-order chi connectivity index (χ1) is 12.8. The summed E-state index contributed by atoms with van der Waals surface area (Å²) in [5.74, 6) is 2.06. The molecule has 0 unspecified atom stereocenters. The molecule has 5 heteroatoms. The van der Waals surface area contributed by atoms with E-state index in [1.807, 2.05) is 25.2 Å². The van der Waals surface area contributed by atoms with Gasteiger partial charge in [0.05, 0.1) is 12.1 Å². The molecule has 0 fully saturated rings. The topological polar surface area (TPSA) is 39.7 Å². The minimum atomic E-state index is 0.0118. The summed E-state index contributed by atoms with van der Waals surface area (Å²) in [7, 11) is 3.50. The molecule has 0 spiro atoms. The highest BCUT2D eigenvalue weighted by atomic mass is 35.5. The molecule has 0 aromatic heterocycles. The number of hydrogen-bond acceptors (Lipinski definition) is 4. The van der Waals surface area contributed by atoms with Crippen LogP contribution in [0, 0.1) is 6.92 Å². The average Bonchev–Trinajstić information content (AvgIpc) is 2.60. The Hall–Kier alpha value is -1.91. The molecular weight excluding hydrogens is 362 g/mol. The maximum Gasteiger partial charge on any atom is 0.179 e. The third kappa shape index (κ3) is 5.78. The Kier molecular flexibility index (Phi) is 7.40. The molecule has 0 saturated heterocycles. The summed E-state index contributed by atoms with van der Waals surface area (Å²) in [6.07, 6.45) is 0. The molecule has 0 bridgehead atoms. The minimum absolute atomic E-state index is 0.0118. The van der Waals surface area contributed by atoms with Crippen molar-refractivity contribution in [3.8, 4) is 17.2 Å². The summed E-state index contributed by atoms with van der Waals surface area (Å²) < 4.78 is 17.3. The fraction of sp³-hybridized carbons (Fsp3) is 0.455. The first-order valence-electron chi connectivity index (χ1n) is 9.14. The summed E-state index contributed by atoms with van der Waals surface area (Å²) in [4.78, 5) is 0. The SMILES string of the molecule is CNCc1cc(Cl)c(OCCOc2ccc(C)cc2C(C)(C)C)c(OC)c1. The van der Waals surface area contributed by atoms with E-state index in [2.05, 4.69) is 45.1 Å². The van der Waals surface area contributed by atoms with E-state index in [-0.39, 0.29) is 5.41 Å². The van der Waals surface area contributed by atoms with Crippen molar-refractivity contribution in [2.24, 2.45) is 0 Å². The van der Waals surface area contributed by atoms with Gasteiger partial charge in [-0.25, -0.2) is 0 Å². The second kappa shape index (κ2) is 9.34. The molecule has 0 saturated carbocycles. The van der Waals surface area contributed by atoms with Gasteiger partial charge in [-0.3, -0.25) is 0 Å². The molecule has 0 heterocycles. The number of aryl methyl sites for hydroxylation is 1. The number of halogens is 1. The van der Waals surface area contributed by atoms with E-state index in [0.717, 1.165) is 11.3 Å². The zero-order valence-corrected chi connectivity index (χ0v) is 17.9. The average molecular weight is 392 g/mol. The maximum atomic E-state index is 6.37. The Balaban J connectivity index is 2.04. The van der Waals surface area contributed by atoms with Gasteiger partial charge in [-0.1, -0.05) is 50.1 Å². The second-order valence-electron chi connectivity index (χ2n) is 7.59. The lowest BCUT2D eigenvalue weighted by Crippen LogP contribution is -2.16. The number of rotatable bonds is 8. The van der Waals surface area contributed by atoms with E-state index >= 15 is 0 Å². The van der Waals surface area contributed by atoms with Crippen molar-refractivity contribution in [1.29, 1.82) is 0 Å². The van der Waals surface area contributed by atoms with E-state index in [0.29, 0.717) is 36.3 Å². The van der Waals surface area contributed by atoms with Crippen LogP contribution < -0.4 is 19.5 Å². The lowest BCUT2D eigenvalue weighted by Gasteiger charge is -2.23. The Morgan fingerprint density at radius 2 is 1.70 bits per heavy atom. The largest absolute Gasteiger partial charge is 0.493 e. The highest BCUT2D eigenvalue weighted by molar-refractivity contribution is 6.32. The maximum absolute atomic E-state index is 6.37. The van der Waals surface area contributed by atoms with Crippen molar-refractivity contribution in [3.63, 3.8) is 0 Å². The van der Waals surface area contributed by atoms with Crippen molar-refractivity contribution < 1.29 is 14.2 Å². The summed E-state index contributed by atoms with van der Waals surface area (Å²) in [6.45, 7) is 10.1. The molecule has 27 heavy (non-hydrogen) atoms. The van der Waals surface area contributed by atoms with Crippen LogP contribution in [-0.4, -0.2) is 27.4 Å². The lowest BCUT2D eigenvalue weighted by atomic mass is 9.85. The van der Waals surface area contributed by atoms with Gasteiger partial charge >= 0.3 is 0 Å². The fourth-order valence-corrected chi connectivity index (χ4v) is 3.16. The van der Waals surface area contributed by atoms with Crippen LogP contribution in [0.25, 0.3) is 0 Å². The third-order valence-electron chi connectivity index (χ3n) is 4.20. The molecule has 2 aromatic rings. The monoisotopic (exact) mass is 391 g/mol. The first-order valence-corrected chi connectivity index (χ1v) is 9.51. The third-order valence-corrected chi connectivity index (χ3v) is 4.48. The number of benzene rings is 2. The summed E-state index contributed by atoms with van der Waals surface area (Å²) in [5.41, 5.74) is 3.46. The van der Waals surface area contributed by atoms with Crippen LogP contribution in [0.3, 0.4) is 0 Å². The van der Waals surface area contributed by atoms with Crippen LogP contribution in [0.2, 0.25) is 5.02 Å². The smallest absolute Gasteiger partial charge is 0.179 e. The van der Waals surface area contributed by atoms with Gasteiger partial charge < -0.3 is 19.5 Å². The molecule has 0 amide bonds. The molecular formula is C22H30ClNO3. The van der Waals surface area contributed by atoms with Gasteiger partial charge in [-0.05, 0) is 48.7 Å². The highest BCUT2D eigenvalue weighted by Crippen LogP contribution is 2.36. The molecule has 0 aliphatic rings. The second-order valence-corrected chi connectivity index (χ2v) is 7.99. The number of methoxy groups -OCH3 is 1. The van der Waals surface area contributed by atoms with Gasteiger partial charge in [-0.2, -0.15) is 0 Å². The van der Waals surface area contributed by atoms with Gasteiger partial charge in [-0.15, -0.1) is 0 Å². The van der Waals surface area contributed by atoms with Crippen LogP contribution >= 0.6 is 11.6 Å². The molecule has 0 atom stereocenters. The molecule has 0 aliphatic carbocycles. The Morgan fingerprint density at radius 3 is 2.33 bits per heavy atom. The molecule has 148 valence electrons. The van der Waals surface area contributed by atoms with Crippen LogP contribution in [0.1, 0.15) is 37.5 Å². The molecule has 4 nitrogen and oxygen atoms in total. The number of nitrogens with one attached hydrogen (secondary N) is 1. The van der Waals surface area contributed by atoms with Crippen LogP contribution in [0.15, 0.2) is 30.3 Å². The molecule has 1 N–H and O–H groups in total. The minimum Gasteiger partial charge on any atom is -0.493 e. The van der Waals surface area contributed by atoms with Crippen LogP contribution in [0.4, 0.5) is 0 Å². The van der Waals surface area contributed by atoms with E-state index < -0.39 is 0 Å². The predicted octanol–water partition coefficient (Wildman–Crippen LogP) is 5.13. The lowest BCUT2D eigenvalue weighted by molar-refractivity contribution is 0.208. The normalized spacial score (nSPS) is 11.4. The quantitative estimate of drug-likeness (QED) is 0.633. The van der Waals surface area contributed by atoms with Crippen LogP contribution in [0.5, 0.6) is 17.2 Å². The predicted molar refractivity (Wildman–Crippen MR) is 112 cm³/mol. The van der Waals surface area contributed by atoms with Crippen molar-refractivity contribution in [2.75, 3.05) is 27.4 Å². The summed E-state index contributed by atoms with van der Waals surface area (Å²) >= 11 is 6.37. The highest BCUT2D eigenvalue weighted by Gasteiger charge is 2.19. The summed E-state index contributed by atoms with van der Waals surface area (Å²) in [5, 5.41) is 3.63. The van der Waals surface area contributed by atoms with Crippen LogP contribution in [-0.2, 0) is 12.0 Å². The zero-order chi connectivity index (χ0) is 20.0. The molecule has 0 aliphatic heterocycles. The Morgan fingerprint density at radius 1 is 1.00 bits per heavy atom. The van der Waals surface area contributed by atoms with E-state index in [1.165, 1.54) is 11.1 Å². The number of ether oxygens (including phenoxy) is 3. The fourth-order valence-electron chi connectivity index (χ4n) is 2.87. The Bertz CT molecular complexity index is 769. The molecule has 2 rings (SSSR count). The summed E-state index contributed by atoms with van der Waals surface area (Å²) in [6, 6.07) is 10.1. The van der Waals surface area contributed by atoms with Gasteiger partial charge in [0.1, 0.15) is 19.0 Å². The van der Waals surface area contributed by atoms with Crippen molar-refractivity contribution in [1.82, 2.24) is 5.32 Å². The first kappa shape index (κ1) is 21.4. The van der Waals surface area contributed by atoms with Gasteiger partial charge in [0.15, 0.2) is 11.5 Å². The molecule has 0 radical (unpaired) electrons. The zero-order valence-electron chi connectivity index (χ0n) is 17.1. The van der Waals surface area contributed by atoms with E-state index in [1.54, 1.807) is 7.11 Å². The standard InChI is InChI=1S/C22H30ClNO3/c1-15-7-8-19(17(11-15)22(2,3)4)26-9-10-27-21-18(23)12-16(14-24-5)13-20(21)25-6/h7-8,11-13,24H,9-10,14H2,1-6H3. The Labute approximate surface area is 167 Å². The van der Waals surface area contributed by atoms with Gasteiger partial charge in [0, 0.05) is 6.54 Å². The van der Waals surface area contributed by atoms with E-state index in [4.69, 9.17) is 25.8 Å². The number of hydrogen-bond donors (Lipinski definition) is 1. The van der Waals surface area contributed by atoms with Crippen molar-refractivity contribution in [3.05, 3.63) is 52.0 Å². The van der Waals surface area contributed by atoms with Gasteiger partial charge in [0.25, 0.3) is 0 Å². The van der Waals surface area contributed by atoms with Crippen molar-refractivity contribution in [2.45, 2.75) is 39.7 Å². The van der Waals surface area contributed by atoms with Crippen molar-refractivity contribution >= 4 is 11.6 Å². The van der Waals surface area contributed by atoms with Gasteiger partial charge in [0.2, 0.25) is 0 Å². The van der Waals surface area contributed by atoms with E-state index in [9.17, 15) is 0 Å².